The molecule has 3 heterocycles. The normalized spacial score (nSPS) is 27.4. The number of benzene rings is 1. The highest BCUT2D eigenvalue weighted by Crippen LogP contribution is 2.44. The van der Waals surface area contributed by atoms with Crippen LogP contribution in [0.2, 0.25) is 0 Å². The fourth-order valence-corrected chi connectivity index (χ4v) is 4.80. The van der Waals surface area contributed by atoms with Gasteiger partial charge in [-0.1, -0.05) is 41.7 Å². The Balaban J connectivity index is 1.55. The number of carbonyl (C=O) groups is 2. The van der Waals surface area contributed by atoms with Crippen molar-refractivity contribution in [3.8, 4) is 10.4 Å². The number of carboxylic acids is 1. The second kappa shape index (κ2) is 6.24. The highest BCUT2D eigenvalue weighted by atomic mass is 32.1. The number of anilines is 1. The lowest BCUT2D eigenvalue weighted by atomic mass is 9.79. The SMILES string of the molecule is Cc1nc(NC(=O)[C@H]2[C@H](C(=O)O)[C@@H]3CC[C@H]2O3)sc1-c1ccccc1. The van der Waals surface area contributed by atoms with Crippen molar-refractivity contribution in [3.05, 3.63) is 36.0 Å². The van der Waals surface area contributed by atoms with E-state index < -0.39 is 17.8 Å². The van der Waals surface area contributed by atoms with Crippen LogP contribution >= 0.6 is 11.3 Å². The fraction of sp³-hybridized carbons (Fsp3) is 0.389. The Morgan fingerprint density at radius 2 is 1.88 bits per heavy atom. The highest BCUT2D eigenvalue weighted by Gasteiger charge is 2.55. The maximum absolute atomic E-state index is 12.7. The minimum atomic E-state index is -0.965. The van der Waals surface area contributed by atoms with Crippen molar-refractivity contribution in [1.29, 1.82) is 0 Å². The second-order valence-electron chi connectivity index (χ2n) is 6.47. The summed E-state index contributed by atoms with van der Waals surface area (Å²) in [7, 11) is 0. The molecular formula is C18H18N2O4S. The van der Waals surface area contributed by atoms with Crippen molar-refractivity contribution in [2.24, 2.45) is 11.8 Å². The predicted molar refractivity (Wildman–Crippen MR) is 93.4 cm³/mol. The van der Waals surface area contributed by atoms with E-state index in [0.29, 0.717) is 11.6 Å². The number of aliphatic carboxylic acids is 1. The number of rotatable bonds is 4. The Bertz CT molecular complexity index is 820. The van der Waals surface area contributed by atoms with Gasteiger partial charge >= 0.3 is 5.97 Å². The lowest BCUT2D eigenvalue weighted by Gasteiger charge is -2.23. The van der Waals surface area contributed by atoms with Crippen molar-refractivity contribution >= 4 is 28.3 Å². The summed E-state index contributed by atoms with van der Waals surface area (Å²) in [5, 5.41) is 12.7. The van der Waals surface area contributed by atoms with Gasteiger partial charge in [0.2, 0.25) is 5.91 Å². The Morgan fingerprint density at radius 1 is 1.20 bits per heavy atom. The first-order valence-electron chi connectivity index (χ1n) is 8.26. The average Bonchev–Trinajstić information content (AvgIpc) is 3.29. The van der Waals surface area contributed by atoms with Gasteiger partial charge in [-0.15, -0.1) is 0 Å². The third-order valence-electron chi connectivity index (χ3n) is 4.92. The number of fused-ring (bicyclic) bond motifs is 2. The summed E-state index contributed by atoms with van der Waals surface area (Å²) >= 11 is 1.40. The van der Waals surface area contributed by atoms with E-state index in [4.69, 9.17) is 4.74 Å². The molecule has 25 heavy (non-hydrogen) atoms. The van der Waals surface area contributed by atoms with Gasteiger partial charge in [0.15, 0.2) is 5.13 Å². The molecule has 4 rings (SSSR count). The molecule has 2 bridgehead atoms. The summed E-state index contributed by atoms with van der Waals surface area (Å²) in [5.74, 6) is -2.70. The largest absolute Gasteiger partial charge is 0.481 e. The van der Waals surface area contributed by atoms with Gasteiger partial charge in [0.05, 0.1) is 34.6 Å². The van der Waals surface area contributed by atoms with E-state index in [9.17, 15) is 14.7 Å². The number of hydrogen-bond donors (Lipinski definition) is 2. The highest BCUT2D eigenvalue weighted by molar-refractivity contribution is 7.19. The van der Waals surface area contributed by atoms with E-state index >= 15 is 0 Å². The van der Waals surface area contributed by atoms with Crippen LogP contribution in [-0.4, -0.2) is 34.2 Å². The van der Waals surface area contributed by atoms with Crippen molar-refractivity contribution in [2.75, 3.05) is 5.32 Å². The standard InChI is InChI=1S/C18H18N2O4S/c1-9-15(10-5-3-2-4-6-10)25-18(19-9)20-16(21)13-11-7-8-12(24-11)14(13)17(22)23/h2-6,11-14H,7-8H2,1H3,(H,22,23)(H,19,20,21)/t11-,12+,13-,14-/m1/s1. The summed E-state index contributed by atoms with van der Waals surface area (Å²) in [6.45, 7) is 1.90. The molecule has 0 saturated carbocycles. The number of nitrogens with zero attached hydrogens (tertiary/aromatic N) is 1. The molecular weight excluding hydrogens is 340 g/mol. The Labute approximate surface area is 148 Å². The molecule has 0 spiro atoms. The van der Waals surface area contributed by atoms with Crippen LogP contribution in [0, 0.1) is 18.8 Å². The smallest absolute Gasteiger partial charge is 0.310 e. The number of thiazole rings is 1. The van der Waals surface area contributed by atoms with Crippen LogP contribution in [0.5, 0.6) is 0 Å². The van der Waals surface area contributed by atoms with E-state index in [1.807, 2.05) is 37.3 Å². The number of hydrogen-bond acceptors (Lipinski definition) is 5. The third-order valence-corrected chi connectivity index (χ3v) is 6.05. The molecule has 2 aliphatic heterocycles. The van der Waals surface area contributed by atoms with Crippen LogP contribution in [-0.2, 0) is 14.3 Å². The maximum Gasteiger partial charge on any atom is 0.310 e. The van der Waals surface area contributed by atoms with Gasteiger partial charge in [0.25, 0.3) is 0 Å². The van der Waals surface area contributed by atoms with E-state index in [1.54, 1.807) is 0 Å². The van der Waals surface area contributed by atoms with Gasteiger partial charge in [-0.3, -0.25) is 9.59 Å². The third kappa shape index (κ3) is 2.83. The quantitative estimate of drug-likeness (QED) is 0.877. The molecule has 130 valence electrons. The lowest BCUT2D eigenvalue weighted by molar-refractivity contribution is -0.147. The molecule has 6 nitrogen and oxygen atoms in total. The van der Waals surface area contributed by atoms with Crippen molar-refractivity contribution < 1.29 is 19.4 Å². The van der Waals surface area contributed by atoms with Crippen LogP contribution in [0.25, 0.3) is 10.4 Å². The van der Waals surface area contributed by atoms with Gasteiger partial charge < -0.3 is 15.2 Å². The van der Waals surface area contributed by atoms with Gasteiger partial charge in [0.1, 0.15) is 0 Å². The van der Waals surface area contributed by atoms with Crippen molar-refractivity contribution in [3.63, 3.8) is 0 Å². The number of aryl methyl sites for hydroxylation is 1. The van der Waals surface area contributed by atoms with E-state index in [2.05, 4.69) is 10.3 Å². The van der Waals surface area contributed by atoms with Crippen LogP contribution in [0.15, 0.2) is 30.3 Å². The number of nitrogens with one attached hydrogen (secondary N) is 1. The van der Waals surface area contributed by atoms with Gasteiger partial charge in [-0.25, -0.2) is 4.98 Å². The number of amides is 1. The zero-order valence-corrected chi connectivity index (χ0v) is 14.5. The number of ether oxygens (including phenoxy) is 1. The molecule has 7 heteroatoms. The summed E-state index contributed by atoms with van der Waals surface area (Å²) in [5.41, 5.74) is 1.88. The number of aromatic nitrogens is 1. The van der Waals surface area contributed by atoms with Crippen LogP contribution in [0.4, 0.5) is 5.13 Å². The molecule has 0 unspecified atom stereocenters. The van der Waals surface area contributed by atoms with Gasteiger partial charge in [-0.2, -0.15) is 0 Å². The number of carbonyl (C=O) groups excluding carboxylic acids is 1. The average molecular weight is 358 g/mol. The van der Waals surface area contributed by atoms with Gasteiger partial charge in [0, 0.05) is 0 Å². The lowest BCUT2D eigenvalue weighted by Crippen LogP contribution is -2.40. The summed E-state index contributed by atoms with van der Waals surface area (Å²) in [4.78, 5) is 29.6. The molecule has 2 aromatic rings. The fourth-order valence-electron chi connectivity index (χ4n) is 3.82. The molecule has 4 atom stereocenters. The first kappa shape index (κ1) is 16.2. The monoisotopic (exact) mass is 358 g/mol. The van der Waals surface area contributed by atoms with Crippen LogP contribution in [0.1, 0.15) is 18.5 Å². The first-order valence-corrected chi connectivity index (χ1v) is 9.08. The minimum Gasteiger partial charge on any atom is -0.481 e. The van der Waals surface area contributed by atoms with Crippen molar-refractivity contribution in [1.82, 2.24) is 4.98 Å². The molecule has 2 fully saturated rings. The molecule has 1 aromatic heterocycles. The summed E-state index contributed by atoms with van der Waals surface area (Å²) in [6.07, 6.45) is 0.787. The summed E-state index contributed by atoms with van der Waals surface area (Å²) < 4.78 is 5.66. The molecule has 1 aromatic carbocycles. The van der Waals surface area contributed by atoms with E-state index in [1.165, 1.54) is 11.3 Å². The van der Waals surface area contributed by atoms with Gasteiger partial charge in [-0.05, 0) is 25.3 Å². The zero-order chi connectivity index (χ0) is 17.6. The molecule has 0 radical (unpaired) electrons. The topological polar surface area (TPSA) is 88.5 Å². The molecule has 0 aliphatic carbocycles. The Morgan fingerprint density at radius 3 is 2.56 bits per heavy atom. The molecule has 2 saturated heterocycles. The van der Waals surface area contributed by atoms with Crippen LogP contribution in [0.3, 0.4) is 0 Å². The molecule has 2 N–H and O–H groups in total. The van der Waals surface area contributed by atoms with Crippen molar-refractivity contribution in [2.45, 2.75) is 32.0 Å². The molecule has 2 aliphatic rings. The van der Waals surface area contributed by atoms with Crippen LogP contribution < -0.4 is 5.32 Å². The zero-order valence-electron chi connectivity index (χ0n) is 13.6. The predicted octanol–water partition coefficient (Wildman–Crippen LogP) is 2.94. The number of carboxylic acid groups (broad SMARTS) is 1. The summed E-state index contributed by atoms with van der Waals surface area (Å²) in [6, 6.07) is 9.85. The Kier molecular flexibility index (Phi) is 4.05. The van der Waals surface area contributed by atoms with E-state index in [-0.39, 0.29) is 18.1 Å². The minimum absolute atomic E-state index is 0.305. The maximum atomic E-state index is 12.7. The first-order chi connectivity index (χ1) is 12.0. The Hall–Kier alpha value is -2.25. The van der Waals surface area contributed by atoms with E-state index in [0.717, 1.165) is 22.6 Å². The molecule has 1 amide bonds. The second-order valence-corrected chi connectivity index (χ2v) is 7.47.